The average molecular weight is 599 g/mol. The lowest BCUT2D eigenvalue weighted by Gasteiger charge is -2.14. The fourth-order valence-electron chi connectivity index (χ4n) is 4.38. The number of aromatic nitrogens is 5. The summed E-state index contributed by atoms with van der Waals surface area (Å²) >= 11 is 1.47. The van der Waals surface area contributed by atoms with Crippen LogP contribution in [0.5, 0.6) is 11.5 Å². The molecule has 11 nitrogen and oxygen atoms in total. The Morgan fingerprint density at radius 2 is 1.81 bits per heavy atom. The Morgan fingerprint density at radius 3 is 2.51 bits per heavy atom. The maximum atomic E-state index is 13.3. The monoisotopic (exact) mass is 598 g/mol. The van der Waals surface area contributed by atoms with Crippen LogP contribution in [-0.4, -0.2) is 56.0 Å². The highest BCUT2D eigenvalue weighted by Crippen LogP contribution is 2.34. The van der Waals surface area contributed by atoms with Crippen molar-refractivity contribution in [3.63, 3.8) is 0 Å². The zero-order valence-corrected chi connectivity index (χ0v) is 25.7. The summed E-state index contributed by atoms with van der Waals surface area (Å²) in [4.78, 5) is 38.7. The summed E-state index contributed by atoms with van der Waals surface area (Å²) in [6.07, 6.45) is 4.65. The second kappa shape index (κ2) is 12.3. The van der Waals surface area contributed by atoms with E-state index in [9.17, 15) is 9.59 Å². The first-order chi connectivity index (χ1) is 20.5. The standard InChI is InChI=1S/C31H34N8O3S/c1-31(2,3)25-16-26(39(37-25)20-9-7-19(8-10-20)18-38(4)5)35-30(41)34-22-12-11-21(15-24(22)43-6)42-23-13-14-32-29-28(23)33-17-27(40)36-29/h7-17H,18H2,1-6H3,(H,32,36,40)(H2,34,35,41). The van der Waals surface area contributed by atoms with Crippen molar-refractivity contribution in [3.8, 4) is 17.2 Å². The third-order valence-electron chi connectivity index (χ3n) is 6.49. The second-order valence-corrected chi connectivity index (χ2v) is 12.1. The summed E-state index contributed by atoms with van der Waals surface area (Å²) in [5, 5.41) is 10.8. The van der Waals surface area contributed by atoms with Gasteiger partial charge >= 0.3 is 6.03 Å². The van der Waals surface area contributed by atoms with E-state index in [1.165, 1.54) is 23.5 Å². The van der Waals surface area contributed by atoms with E-state index >= 15 is 0 Å². The number of aromatic amines is 1. The number of thioether (sulfide) groups is 1. The fraction of sp³-hybridized carbons (Fsp3) is 0.258. The molecular weight excluding hydrogens is 564 g/mol. The van der Waals surface area contributed by atoms with Gasteiger partial charge in [0.1, 0.15) is 17.1 Å². The molecule has 3 aromatic heterocycles. The molecule has 0 saturated carbocycles. The van der Waals surface area contributed by atoms with Crippen molar-refractivity contribution in [1.29, 1.82) is 0 Å². The number of amides is 2. The Bertz CT molecular complexity index is 1820. The van der Waals surface area contributed by atoms with E-state index in [0.717, 1.165) is 22.8 Å². The maximum absolute atomic E-state index is 13.3. The minimum atomic E-state index is -0.400. The van der Waals surface area contributed by atoms with Crippen molar-refractivity contribution < 1.29 is 9.53 Å². The number of H-pyrrole nitrogens is 1. The molecule has 3 heterocycles. The van der Waals surface area contributed by atoms with Gasteiger partial charge in [-0.2, -0.15) is 5.10 Å². The number of hydrogen-bond acceptors (Lipinski definition) is 8. The quantitative estimate of drug-likeness (QED) is 0.185. The lowest BCUT2D eigenvalue weighted by atomic mass is 9.92. The van der Waals surface area contributed by atoms with Gasteiger partial charge in [0.25, 0.3) is 5.56 Å². The van der Waals surface area contributed by atoms with Crippen LogP contribution < -0.4 is 20.9 Å². The van der Waals surface area contributed by atoms with Gasteiger partial charge in [-0.15, -0.1) is 11.8 Å². The molecule has 0 spiro atoms. The van der Waals surface area contributed by atoms with E-state index in [-0.39, 0.29) is 11.0 Å². The zero-order chi connectivity index (χ0) is 30.7. The van der Waals surface area contributed by atoms with Gasteiger partial charge in [0.2, 0.25) is 0 Å². The number of urea groups is 1. The Hall–Kier alpha value is -4.68. The number of benzene rings is 2. The van der Waals surface area contributed by atoms with Crippen LogP contribution >= 0.6 is 11.8 Å². The van der Waals surface area contributed by atoms with Gasteiger partial charge in [0, 0.05) is 35.2 Å². The molecule has 222 valence electrons. The van der Waals surface area contributed by atoms with Crippen LogP contribution in [0.15, 0.2) is 76.7 Å². The number of nitrogens with zero attached hydrogens (tertiary/aromatic N) is 5. The molecule has 12 heteroatoms. The van der Waals surface area contributed by atoms with E-state index in [1.54, 1.807) is 29.1 Å². The highest BCUT2D eigenvalue weighted by molar-refractivity contribution is 7.98. The van der Waals surface area contributed by atoms with E-state index < -0.39 is 6.03 Å². The first-order valence-corrected chi connectivity index (χ1v) is 14.8. The van der Waals surface area contributed by atoms with Crippen molar-refractivity contribution >= 4 is 40.5 Å². The first kappa shape index (κ1) is 29.8. The molecule has 0 unspecified atom stereocenters. The van der Waals surface area contributed by atoms with Crippen LogP contribution in [0.25, 0.3) is 16.9 Å². The number of carbonyl (C=O) groups is 1. The largest absolute Gasteiger partial charge is 0.455 e. The van der Waals surface area contributed by atoms with Gasteiger partial charge in [0.15, 0.2) is 11.4 Å². The highest BCUT2D eigenvalue weighted by atomic mass is 32.2. The third kappa shape index (κ3) is 7.04. The number of fused-ring (bicyclic) bond motifs is 1. The summed E-state index contributed by atoms with van der Waals surface area (Å²) in [6, 6.07) is 16.7. The molecular formula is C31H34N8O3S. The van der Waals surface area contributed by atoms with Gasteiger partial charge in [0.05, 0.1) is 23.3 Å². The minimum Gasteiger partial charge on any atom is -0.455 e. The van der Waals surface area contributed by atoms with Crippen LogP contribution in [0.1, 0.15) is 32.0 Å². The van der Waals surface area contributed by atoms with Crippen molar-refractivity contribution in [3.05, 3.63) is 88.6 Å². The second-order valence-electron chi connectivity index (χ2n) is 11.3. The summed E-state index contributed by atoms with van der Waals surface area (Å²) < 4.78 is 7.83. The topological polar surface area (TPSA) is 130 Å². The number of hydrogen-bond donors (Lipinski definition) is 3. The molecule has 0 aliphatic rings. The maximum Gasteiger partial charge on any atom is 0.324 e. The molecule has 0 aliphatic heterocycles. The van der Waals surface area contributed by atoms with Gasteiger partial charge in [-0.1, -0.05) is 32.9 Å². The smallest absolute Gasteiger partial charge is 0.324 e. The van der Waals surface area contributed by atoms with Crippen molar-refractivity contribution in [2.45, 2.75) is 37.6 Å². The number of carbonyl (C=O) groups excluding carboxylic acids is 1. The zero-order valence-electron chi connectivity index (χ0n) is 24.9. The molecule has 0 fully saturated rings. The fourth-order valence-corrected chi connectivity index (χ4v) is 4.96. The number of rotatable bonds is 8. The number of pyridine rings is 1. The summed E-state index contributed by atoms with van der Waals surface area (Å²) in [5.74, 6) is 1.55. The highest BCUT2D eigenvalue weighted by Gasteiger charge is 2.22. The van der Waals surface area contributed by atoms with Crippen LogP contribution in [-0.2, 0) is 12.0 Å². The molecule has 5 rings (SSSR count). The Balaban J connectivity index is 1.36. The summed E-state index contributed by atoms with van der Waals surface area (Å²) in [6.45, 7) is 7.09. The summed E-state index contributed by atoms with van der Waals surface area (Å²) in [7, 11) is 4.07. The van der Waals surface area contributed by atoms with Crippen molar-refractivity contribution in [1.82, 2.24) is 29.6 Å². The summed E-state index contributed by atoms with van der Waals surface area (Å²) in [5.41, 5.74) is 3.73. The number of nitrogens with one attached hydrogen (secondary N) is 3. The Kier molecular flexibility index (Phi) is 8.51. The average Bonchev–Trinajstić information content (AvgIpc) is 3.38. The Morgan fingerprint density at radius 1 is 1.05 bits per heavy atom. The van der Waals surface area contributed by atoms with Gasteiger partial charge in [-0.3, -0.25) is 10.1 Å². The van der Waals surface area contributed by atoms with E-state index in [2.05, 4.69) is 63.4 Å². The van der Waals surface area contributed by atoms with Crippen LogP contribution in [0.2, 0.25) is 0 Å². The molecule has 43 heavy (non-hydrogen) atoms. The molecule has 5 aromatic rings. The van der Waals surface area contributed by atoms with Crippen LogP contribution in [0.4, 0.5) is 16.3 Å². The molecule has 0 aliphatic carbocycles. The van der Waals surface area contributed by atoms with Crippen LogP contribution in [0, 0.1) is 0 Å². The van der Waals surface area contributed by atoms with Gasteiger partial charge in [-0.05, 0) is 56.2 Å². The minimum absolute atomic E-state index is 0.212. The lowest BCUT2D eigenvalue weighted by Crippen LogP contribution is -2.21. The predicted octanol–water partition coefficient (Wildman–Crippen LogP) is 6.02. The van der Waals surface area contributed by atoms with Gasteiger partial charge < -0.3 is 19.9 Å². The third-order valence-corrected chi connectivity index (χ3v) is 7.27. The molecule has 0 radical (unpaired) electrons. The van der Waals surface area contributed by atoms with Crippen LogP contribution in [0.3, 0.4) is 0 Å². The predicted molar refractivity (Wildman–Crippen MR) is 171 cm³/mol. The molecule has 2 amide bonds. The molecule has 0 bridgehead atoms. The normalized spacial score (nSPS) is 11.6. The van der Waals surface area contributed by atoms with Crippen molar-refractivity contribution in [2.75, 3.05) is 31.0 Å². The van der Waals surface area contributed by atoms with E-state index in [4.69, 9.17) is 9.84 Å². The first-order valence-electron chi connectivity index (χ1n) is 13.6. The molecule has 0 saturated heterocycles. The number of ether oxygens (including phenoxy) is 1. The lowest BCUT2D eigenvalue weighted by molar-refractivity contribution is 0.262. The van der Waals surface area contributed by atoms with Gasteiger partial charge in [-0.25, -0.2) is 19.4 Å². The molecule has 0 atom stereocenters. The van der Waals surface area contributed by atoms with E-state index in [0.29, 0.717) is 34.2 Å². The van der Waals surface area contributed by atoms with Crippen molar-refractivity contribution in [2.24, 2.45) is 0 Å². The van der Waals surface area contributed by atoms with E-state index in [1.807, 2.05) is 44.6 Å². The SMILES string of the molecule is CSc1cc(Oc2ccnc3[nH]c(=O)cnc23)ccc1NC(=O)Nc1cc(C(C)(C)C)nn1-c1ccc(CN(C)C)cc1. The molecule has 3 N–H and O–H groups in total. The number of anilines is 2. The Labute approximate surface area is 253 Å². The molecule has 2 aromatic carbocycles.